The monoisotopic (exact) mass is 349 g/mol. The number of halogens is 1. The Kier molecular flexibility index (Phi) is 6.29. The third kappa shape index (κ3) is 5.12. The summed E-state index contributed by atoms with van der Waals surface area (Å²) in [5.41, 5.74) is 0.999. The zero-order valence-corrected chi connectivity index (χ0v) is 13.8. The predicted molar refractivity (Wildman–Crippen MR) is 81.3 cm³/mol. The maximum atomic E-state index is 11.7. The van der Waals surface area contributed by atoms with Gasteiger partial charge in [0.05, 0.1) is 11.0 Å². The lowest BCUT2D eigenvalue weighted by atomic mass is 10.2. The molecule has 0 aliphatic heterocycles. The Balaban J connectivity index is 2.68. The molecule has 0 atom stereocenters. The Morgan fingerprint density at radius 2 is 2.05 bits per heavy atom. The Hall–Kier alpha value is -0.590. The first-order valence-electron chi connectivity index (χ1n) is 6.14. The summed E-state index contributed by atoms with van der Waals surface area (Å²) < 4.78 is 29.9. The summed E-state index contributed by atoms with van der Waals surface area (Å²) in [7, 11) is -1.20. The molecule has 1 aromatic carbocycles. The van der Waals surface area contributed by atoms with Gasteiger partial charge in [-0.2, -0.15) is 0 Å². The van der Waals surface area contributed by atoms with Gasteiger partial charge in [0, 0.05) is 16.6 Å². The third-order valence-corrected chi connectivity index (χ3v) is 5.40. The molecule has 108 valence electrons. The van der Waals surface area contributed by atoms with Crippen molar-refractivity contribution in [3.05, 3.63) is 28.2 Å². The molecule has 4 nitrogen and oxygen atoms in total. The topological polar surface area (TPSA) is 55.4 Å². The van der Waals surface area contributed by atoms with Gasteiger partial charge in [-0.1, -0.05) is 15.9 Å². The van der Waals surface area contributed by atoms with Gasteiger partial charge in [0.15, 0.2) is 9.84 Å². The maximum absolute atomic E-state index is 11.7. The molecule has 0 fully saturated rings. The summed E-state index contributed by atoms with van der Waals surface area (Å²) in [6.07, 6.45) is 0. The first-order valence-corrected chi connectivity index (χ1v) is 8.65. The third-order valence-electron chi connectivity index (χ3n) is 2.73. The molecule has 19 heavy (non-hydrogen) atoms. The standard InChI is InChI=1S/C13H20BrNO3S/c1-10(2)19(16,17)7-6-18-13-5-4-12(14)8-11(13)9-15-3/h4-5,8,10,15H,6-7,9H2,1-3H3. The summed E-state index contributed by atoms with van der Waals surface area (Å²) in [6, 6.07) is 5.69. The quantitative estimate of drug-likeness (QED) is 0.820. The van der Waals surface area contributed by atoms with E-state index in [0.29, 0.717) is 6.54 Å². The largest absolute Gasteiger partial charge is 0.492 e. The van der Waals surface area contributed by atoms with E-state index in [1.807, 2.05) is 25.2 Å². The fourth-order valence-corrected chi connectivity index (χ4v) is 2.72. The van der Waals surface area contributed by atoms with E-state index in [2.05, 4.69) is 21.2 Å². The summed E-state index contributed by atoms with van der Waals surface area (Å²) in [4.78, 5) is 0. The number of nitrogens with one attached hydrogen (secondary N) is 1. The van der Waals surface area contributed by atoms with Crippen LogP contribution in [0.2, 0.25) is 0 Å². The summed E-state index contributed by atoms with van der Waals surface area (Å²) in [5, 5.41) is 2.69. The van der Waals surface area contributed by atoms with Gasteiger partial charge in [-0.3, -0.25) is 0 Å². The van der Waals surface area contributed by atoms with E-state index in [4.69, 9.17) is 4.74 Å². The van der Waals surface area contributed by atoms with Crippen LogP contribution in [0.15, 0.2) is 22.7 Å². The van der Waals surface area contributed by atoms with Gasteiger partial charge in [-0.15, -0.1) is 0 Å². The van der Waals surface area contributed by atoms with Crippen molar-refractivity contribution in [2.24, 2.45) is 0 Å². The van der Waals surface area contributed by atoms with Crippen LogP contribution in [0.3, 0.4) is 0 Å². The number of ether oxygens (including phenoxy) is 1. The highest BCUT2D eigenvalue weighted by Crippen LogP contribution is 2.23. The smallest absolute Gasteiger partial charge is 0.155 e. The molecule has 6 heteroatoms. The Morgan fingerprint density at radius 3 is 2.63 bits per heavy atom. The molecule has 0 heterocycles. The zero-order chi connectivity index (χ0) is 14.5. The highest BCUT2D eigenvalue weighted by Gasteiger charge is 2.16. The zero-order valence-electron chi connectivity index (χ0n) is 11.4. The Bertz CT molecular complexity index is 515. The molecule has 0 aliphatic carbocycles. The summed E-state index contributed by atoms with van der Waals surface area (Å²) in [5.74, 6) is 0.760. The fraction of sp³-hybridized carbons (Fsp3) is 0.538. The highest BCUT2D eigenvalue weighted by atomic mass is 79.9. The first-order chi connectivity index (χ1) is 8.86. The molecule has 1 N–H and O–H groups in total. The molecule has 0 bridgehead atoms. The van der Waals surface area contributed by atoms with E-state index >= 15 is 0 Å². The van der Waals surface area contributed by atoms with Gasteiger partial charge in [0.25, 0.3) is 0 Å². The van der Waals surface area contributed by atoms with Crippen LogP contribution in [0.4, 0.5) is 0 Å². The number of rotatable bonds is 7. The van der Waals surface area contributed by atoms with Crippen LogP contribution < -0.4 is 10.1 Å². The van der Waals surface area contributed by atoms with Gasteiger partial charge in [-0.25, -0.2) is 8.42 Å². The van der Waals surface area contributed by atoms with Crippen molar-refractivity contribution < 1.29 is 13.2 Å². The lowest BCUT2D eigenvalue weighted by molar-refractivity contribution is 0.336. The summed E-state index contributed by atoms with van der Waals surface area (Å²) >= 11 is 3.41. The second-order valence-electron chi connectivity index (χ2n) is 4.55. The molecule has 0 amide bonds. The second kappa shape index (κ2) is 7.26. The lowest BCUT2D eigenvalue weighted by Gasteiger charge is -2.13. The molecule has 1 rings (SSSR count). The number of hydrogen-bond donors (Lipinski definition) is 1. The van der Waals surface area contributed by atoms with Crippen LogP contribution in [0.1, 0.15) is 19.4 Å². The van der Waals surface area contributed by atoms with Crippen LogP contribution in [0, 0.1) is 0 Å². The number of benzene rings is 1. The van der Waals surface area contributed by atoms with Crippen LogP contribution in [-0.4, -0.2) is 33.1 Å². The van der Waals surface area contributed by atoms with Crippen LogP contribution in [0.25, 0.3) is 0 Å². The van der Waals surface area contributed by atoms with E-state index in [9.17, 15) is 8.42 Å². The SMILES string of the molecule is CNCc1cc(Br)ccc1OCCS(=O)(=O)C(C)C. The van der Waals surface area contributed by atoms with Crippen molar-refractivity contribution in [3.63, 3.8) is 0 Å². The molecule has 0 unspecified atom stereocenters. The highest BCUT2D eigenvalue weighted by molar-refractivity contribution is 9.10. The minimum absolute atomic E-state index is 0.0414. The fourth-order valence-electron chi connectivity index (χ4n) is 1.52. The van der Waals surface area contributed by atoms with E-state index in [0.717, 1.165) is 15.8 Å². The maximum Gasteiger partial charge on any atom is 0.155 e. The minimum Gasteiger partial charge on any atom is -0.492 e. The van der Waals surface area contributed by atoms with Gasteiger partial charge >= 0.3 is 0 Å². The van der Waals surface area contributed by atoms with Crippen LogP contribution >= 0.6 is 15.9 Å². The van der Waals surface area contributed by atoms with Crippen molar-refractivity contribution in [2.75, 3.05) is 19.4 Å². The average molecular weight is 350 g/mol. The van der Waals surface area contributed by atoms with Crippen molar-refractivity contribution >= 4 is 25.8 Å². The number of hydrogen-bond acceptors (Lipinski definition) is 4. The summed E-state index contributed by atoms with van der Waals surface area (Å²) in [6.45, 7) is 4.22. The van der Waals surface area contributed by atoms with Crippen LogP contribution in [-0.2, 0) is 16.4 Å². The molecular weight excluding hydrogens is 330 g/mol. The minimum atomic E-state index is -3.05. The Morgan fingerprint density at radius 1 is 1.37 bits per heavy atom. The van der Waals surface area contributed by atoms with E-state index in [-0.39, 0.29) is 17.6 Å². The molecule has 0 aromatic heterocycles. The number of sulfone groups is 1. The van der Waals surface area contributed by atoms with Crippen molar-refractivity contribution in [3.8, 4) is 5.75 Å². The van der Waals surface area contributed by atoms with Crippen molar-refractivity contribution in [1.82, 2.24) is 5.32 Å². The van der Waals surface area contributed by atoms with Gasteiger partial charge in [-0.05, 0) is 39.1 Å². The normalized spacial score (nSPS) is 11.8. The molecular formula is C13H20BrNO3S. The van der Waals surface area contributed by atoms with Crippen LogP contribution in [0.5, 0.6) is 5.75 Å². The van der Waals surface area contributed by atoms with Crippen molar-refractivity contribution in [1.29, 1.82) is 0 Å². The molecule has 0 saturated heterocycles. The van der Waals surface area contributed by atoms with E-state index in [1.165, 1.54) is 0 Å². The molecule has 0 spiro atoms. The Labute approximate surface area is 123 Å². The average Bonchev–Trinajstić information content (AvgIpc) is 2.32. The van der Waals surface area contributed by atoms with Gasteiger partial charge in [0.1, 0.15) is 12.4 Å². The molecule has 1 aromatic rings. The van der Waals surface area contributed by atoms with Gasteiger partial charge < -0.3 is 10.1 Å². The van der Waals surface area contributed by atoms with Gasteiger partial charge in [0.2, 0.25) is 0 Å². The molecule has 0 aliphatic rings. The molecule has 0 radical (unpaired) electrons. The second-order valence-corrected chi connectivity index (χ2v) is 8.14. The van der Waals surface area contributed by atoms with Crippen molar-refractivity contribution in [2.45, 2.75) is 25.6 Å². The lowest BCUT2D eigenvalue weighted by Crippen LogP contribution is -2.22. The molecule has 0 saturated carbocycles. The first kappa shape index (κ1) is 16.5. The predicted octanol–water partition coefficient (Wildman–Crippen LogP) is 2.37. The van der Waals surface area contributed by atoms with E-state index in [1.54, 1.807) is 13.8 Å². The van der Waals surface area contributed by atoms with E-state index < -0.39 is 9.84 Å².